The molecular formula is C67H76N2O21. The first-order chi connectivity index (χ1) is 42.5. The summed E-state index contributed by atoms with van der Waals surface area (Å²) in [6.45, 7) is 11.4. The molecule has 90 heavy (non-hydrogen) atoms. The minimum Gasteiger partial charge on any atom is -0.482 e. The number of para-hydroxylation sites is 2. The molecule has 4 aromatic rings. The number of carbonyl (C=O) groups is 10. The van der Waals surface area contributed by atoms with Crippen LogP contribution in [-0.2, 0) is 76.3 Å². The van der Waals surface area contributed by atoms with Gasteiger partial charge in [0.2, 0.25) is 17.9 Å². The summed E-state index contributed by atoms with van der Waals surface area (Å²) >= 11 is 0. The number of aliphatic hydroxyl groups is 1. The van der Waals surface area contributed by atoms with Crippen molar-refractivity contribution in [3.63, 3.8) is 0 Å². The summed E-state index contributed by atoms with van der Waals surface area (Å²) in [7, 11) is 0. The van der Waals surface area contributed by atoms with Gasteiger partial charge in [-0.05, 0) is 78.8 Å². The minimum absolute atomic E-state index is 0.000981. The Balaban J connectivity index is 1.30. The molecule has 23 heteroatoms. The summed E-state index contributed by atoms with van der Waals surface area (Å²) in [6, 6.07) is 28.5. The van der Waals surface area contributed by atoms with E-state index >= 15 is 9.59 Å². The van der Waals surface area contributed by atoms with Crippen molar-refractivity contribution in [2.24, 2.45) is 22.2 Å². The predicted octanol–water partition coefficient (Wildman–Crippen LogP) is 6.47. The van der Waals surface area contributed by atoms with Crippen LogP contribution in [0.15, 0.2) is 132 Å². The van der Waals surface area contributed by atoms with E-state index < -0.39 is 181 Å². The van der Waals surface area contributed by atoms with Crippen LogP contribution in [0.2, 0.25) is 0 Å². The lowest BCUT2D eigenvalue weighted by atomic mass is 9.44. The third-order valence-electron chi connectivity index (χ3n) is 17.1. The number of hydrogen-bond donors (Lipinski definition) is 4. The van der Waals surface area contributed by atoms with Crippen LogP contribution in [0.5, 0.6) is 11.5 Å². The number of carbonyl (C=O) groups excluding carboxylic acids is 9. The topological polar surface area (TPSA) is 318 Å². The number of carboxylic acid groups (broad SMARTS) is 1. The summed E-state index contributed by atoms with van der Waals surface area (Å²) in [5.74, 6) is -11.6. The fraction of sp³-hybridized carbons (Fsp3) is 0.463. The largest absolute Gasteiger partial charge is 0.482 e. The van der Waals surface area contributed by atoms with E-state index in [-0.39, 0.29) is 40.9 Å². The molecule has 2 bridgehead atoms. The van der Waals surface area contributed by atoms with E-state index in [1.807, 2.05) is 0 Å². The van der Waals surface area contributed by atoms with E-state index in [1.165, 1.54) is 52.0 Å². The molecule has 2 saturated carbocycles. The van der Waals surface area contributed by atoms with Crippen LogP contribution in [0, 0.1) is 22.2 Å². The quantitative estimate of drug-likeness (QED) is 0.0351. The van der Waals surface area contributed by atoms with Gasteiger partial charge in [0.1, 0.15) is 53.6 Å². The monoisotopic (exact) mass is 1240 g/mol. The number of fused-ring (bicyclic) bond motifs is 5. The van der Waals surface area contributed by atoms with Gasteiger partial charge in [-0.3, -0.25) is 28.8 Å². The number of hydrogen-bond acceptors (Lipinski definition) is 20. The Bertz CT molecular complexity index is 3370. The van der Waals surface area contributed by atoms with Gasteiger partial charge >= 0.3 is 41.8 Å². The molecule has 3 fully saturated rings. The van der Waals surface area contributed by atoms with E-state index in [4.69, 9.17) is 42.6 Å². The molecule has 23 nitrogen and oxygen atoms in total. The zero-order valence-corrected chi connectivity index (χ0v) is 51.6. The lowest BCUT2D eigenvalue weighted by Gasteiger charge is -2.67. The van der Waals surface area contributed by atoms with Crippen molar-refractivity contribution in [2.45, 2.75) is 154 Å². The highest BCUT2D eigenvalue weighted by Gasteiger charge is 2.79. The fourth-order valence-corrected chi connectivity index (χ4v) is 12.8. The zero-order valence-electron chi connectivity index (χ0n) is 51.6. The lowest BCUT2D eigenvalue weighted by molar-refractivity contribution is -0.346. The minimum atomic E-state index is -2.65. The third kappa shape index (κ3) is 14.5. The molecule has 0 spiro atoms. The van der Waals surface area contributed by atoms with Gasteiger partial charge in [0.25, 0.3) is 0 Å². The van der Waals surface area contributed by atoms with Crippen LogP contribution in [0.4, 0.5) is 0 Å². The molecule has 1 aliphatic heterocycles. The molecule has 3 aliphatic carbocycles. The van der Waals surface area contributed by atoms with Gasteiger partial charge in [0.05, 0.1) is 23.5 Å². The zero-order chi connectivity index (χ0) is 65.5. The molecule has 480 valence electrons. The average molecular weight is 1250 g/mol. The van der Waals surface area contributed by atoms with Crippen LogP contribution < -0.4 is 20.1 Å². The third-order valence-corrected chi connectivity index (χ3v) is 17.1. The van der Waals surface area contributed by atoms with Gasteiger partial charge < -0.3 is 63.5 Å². The normalized spacial score (nSPS) is 25.8. The maximum atomic E-state index is 16.5. The number of ether oxygens (including phenoxy) is 9. The van der Waals surface area contributed by atoms with Crippen molar-refractivity contribution in [1.82, 2.24) is 10.6 Å². The number of ketones is 1. The summed E-state index contributed by atoms with van der Waals surface area (Å²) in [5.41, 5.74) is -9.43. The molecule has 4 N–H and O–H groups in total. The molecule has 1 heterocycles. The summed E-state index contributed by atoms with van der Waals surface area (Å²) in [4.78, 5) is 143. The highest BCUT2D eigenvalue weighted by molar-refractivity contribution is 5.96. The Morgan fingerprint density at radius 3 is 1.82 bits per heavy atom. The summed E-state index contributed by atoms with van der Waals surface area (Å²) < 4.78 is 55.3. The van der Waals surface area contributed by atoms with Gasteiger partial charge in [0, 0.05) is 44.9 Å². The molecule has 0 radical (unpaired) electrons. The summed E-state index contributed by atoms with van der Waals surface area (Å²) in [6.07, 6.45) is -13.0. The number of carboxylic acids is 1. The van der Waals surface area contributed by atoms with Gasteiger partial charge in [-0.25, -0.2) is 19.2 Å². The molecule has 4 aromatic carbocycles. The van der Waals surface area contributed by atoms with E-state index in [1.54, 1.807) is 118 Å². The molecule has 1 saturated heterocycles. The van der Waals surface area contributed by atoms with Crippen molar-refractivity contribution < 1.29 is 101 Å². The van der Waals surface area contributed by atoms with Crippen molar-refractivity contribution in [2.75, 3.05) is 19.8 Å². The number of rotatable bonds is 23. The second kappa shape index (κ2) is 27.4. The first-order valence-electron chi connectivity index (χ1n) is 29.5. The molecule has 4 aliphatic rings. The number of esters is 6. The van der Waals surface area contributed by atoms with Gasteiger partial charge in [0.15, 0.2) is 30.7 Å². The van der Waals surface area contributed by atoms with E-state index in [0.29, 0.717) is 5.75 Å². The Hall–Kier alpha value is -8.96. The van der Waals surface area contributed by atoms with Crippen molar-refractivity contribution in [3.05, 3.63) is 144 Å². The maximum Gasteiger partial charge on any atom is 0.350 e. The van der Waals surface area contributed by atoms with Crippen LogP contribution in [0.3, 0.4) is 0 Å². The molecule has 2 amide bonds. The molecule has 0 unspecified atom stereocenters. The molecule has 8 rings (SSSR count). The first kappa shape index (κ1) is 67.0. The van der Waals surface area contributed by atoms with Gasteiger partial charge in [-0.15, -0.1) is 0 Å². The standard InChI is InChI=1S/C67H76N2O21/c1-38-46(86-62(80)56(88-52(76)36-83-44-28-20-13-21-29-44)54(41-22-14-10-15-23-41)69-60(78)45(30-31-50(73)74)68-49(72)34-63(4,5)6)33-67(81)59(89-61(79)42-24-16-11-17-25-42)57-65(9,58(77)55(85-39(2)70)53(38)64(67,7)8)47(32-48-66(57,37-84-48)90-40(3)71)87-51(75)35-82-43-26-18-12-19-27-43/h10-29,45-48,54-57,59,81H,30-37H2,1-9H3,(H,68,72)(H,69,78)(H,73,74)/t45-,46+,47+,48-,54+,55-,56-,57+,59+,65-,66+,67-/m1/s1. The van der Waals surface area contributed by atoms with Crippen molar-refractivity contribution >= 4 is 59.4 Å². The Labute approximate surface area is 520 Å². The number of aliphatic carboxylic acids is 1. The Morgan fingerprint density at radius 1 is 0.722 bits per heavy atom. The Kier molecular flexibility index (Phi) is 20.4. The highest BCUT2D eigenvalue weighted by Crippen LogP contribution is 2.65. The second-order valence-corrected chi connectivity index (χ2v) is 24.9. The van der Waals surface area contributed by atoms with E-state index in [9.17, 15) is 48.6 Å². The van der Waals surface area contributed by atoms with E-state index in [0.717, 1.165) is 13.8 Å². The van der Waals surface area contributed by atoms with Crippen LogP contribution in [0.1, 0.15) is 116 Å². The molecular weight excluding hydrogens is 1170 g/mol. The first-order valence-corrected chi connectivity index (χ1v) is 29.5. The van der Waals surface area contributed by atoms with Crippen molar-refractivity contribution in [1.29, 1.82) is 0 Å². The molecule has 0 aromatic heterocycles. The Morgan fingerprint density at radius 2 is 1.29 bits per heavy atom. The smallest absolute Gasteiger partial charge is 0.350 e. The SMILES string of the molecule is CC(=O)O[C@H]1C(=O)[C@]2(C)[C@@H](OC(=O)COc3ccccc3)C[C@H]3OC[C@@]3(OC(C)=O)[C@H]2[C@H](OC(=O)c2ccccc2)[C@]2(O)C[C@H](OC(=O)[C@H](OC(=O)COc3ccccc3)[C@@H](NC(=O)[C@@H](CCC(=O)O)NC(=O)CC(C)(C)C)c3ccccc3)C(C)=C1C2(C)C. The second-order valence-electron chi connectivity index (χ2n) is 24.9. The van der Waals surface area contributed by atoms with Crippen molar-refractivity contribution in [3.8, 4) is 11.5 Å². The number of Topliss-reactive ketones (excluding diaryl/α,β-unsaturated/α-hetero) is 1. The van der Waals surface area contributed by atoms with Crippen LogP contribution >= 0.6 is 0 Å². The number of amides is 2. The maximum absolute atomic E-state index is 16.5. The van der Waals surface area contributed by atoms with Gasteiger partial charge in [-0.1, -0.05) is 120 Å². The highest BCUT2D eigenvalue weighted by atomic mass is 16.6. The summed E-state index contributed by atoms with van der Waals surface area (Å²) in [5, 5.41) is 29.5. The number of nitrogens with one attached hydrogen (secondary N) is 2. The predicted molar refractivity (Wildman–Crippen MR) is 316 cm³/mol. The fourth-order valence-electron chi connectivity index (χ4n) is 12.8. The van der Waals surface area contributed by atoms with E-state index in [2.05, 4.69) is 10.6 Å². The van der Waals surface area contributed by atoms with Crippen LogP contribution in [0.25, 0.3) is 0 Å². The molecule has 12 atom stereocenters. The number of benzene rings is 4. The van der Waals surface area contributed by atoms with Crippen LogP contribution in [-0.4, -0.2) is 143 Å². The average Bonchev–Trinajstić information content (AvgIpc) is 0.669. The van der Waals surface area contributed by atoms with Gasteiger partial charge in [-0.2, -0.15) is 0 Å². The lowest BCUT2D eigenvalue weighted by Crippen LogP contribution is -2.82.